The van der Waals surface area contributed by atoms with Gasteiger partial charge in [-0.2, -0.15) is 0 Å². The molecule has 0 aromatic rings. The molecular formula is C10H20N2O4. The third-order valence-electron chi connectivity index (χ3n) is 2.10. The average Bonchev–Trinajstić information content (AvgIpc) is 2.20. The van der Waals surface area contributed by atoms with Gasteiger partial charge in [-0.1, -0.05) is 13.8 Å². The van der Waals surface area contributed by atoms with Crippen molar-refractivity contribution < 1.29 is 19.4 Å². The van der Waals surface area contributed by atoms with Crippen molar-refractivity contribution in [2.75, 3.05) is 0 Å². The minimum Gasteiger partial charge on any atom is -0.370 e. The minimum atomic E-state index is -0.446. The summed E-state index contributed by atoms with van der Waals surface area (Å²) in [5.41, 5.74) is 10.1. The first-order valence-corrected chi connectivity index (χ1v) is 5.38. The first-order valence-electron chi connectivity index (χ1n) is 5.38. The Morgan fingerprint density at radius 1 is 0.938 bits per heavy atom. The van der Waals surface area contributed by atoms with Gasteiger partial charge in [-0.15, -0.1) is 0 Å². The number of carbonyl (C=O) groups excluding carboxylic acids is 2. The Kier molecular flexibility index (Phi) is 7.49. The molecule has 0 radical (unpaired) electrons. The fourth-order valence-electron chi connectivity index (χ4n) is 1.10. The predicted octanol–water partition coefficient (Wildman–Crippen LogP) is 0.243. The molecule has 0 bridgehead atoms. The van der Waals surface area contributed by atoms with Crippen molar-refractivity contribution >= 4 is 11.8 Å². The lowest BCUT2D eigenvalue weighted by Crippen LogP contribution is -2.27. The number of hydrogen-bond acceptors (Lipinski definition) is 4. The highest BCUT2D eigenvalue weighted by Gasteiger charge is 2.16. The van der Waals surface area contributed by atoms with Crippen molar-refractivity contribution in [3.8, 4) is 0 Å². The molecule has 0 aliphatic rings. The van der Waals surface area contributed by atoms with E-state index in [0.717, 1.165) is 0 Å². The van der Waals surface area contributed by atoms with Crippen LogP contribution in [0.25, 0.3) is 0 Å². The summed E-state index contributed by atoms with van der Waals surface area (Å²) in [5.74, 6) is -0.892. The summed E-state index contributed by atoms with van der Waals surface area (Å²) in [4.78, 5) is 31.4. The monoisotopic (exact) mass is 232 g/mol. The summed E-state index contributed by atoms with van der Waals surface area (Å²) in [6.45, 7) is 3.71. The number of primary amides is 2. The van der Waals surface area contributed by atoms with Gasteiger partial charge >= 0.3 is 0 Å². The fraction of sp³-hybridized carbons (Fsp3) is 0.800. The summed E-state index contributed by atoms with van der Waals surface area (Å²) >= 11 is 0. The lowest BCUT2D eigenvalue weighted by molar-refractivity contribution is -0.350. The zero-order valence-electron chi connectivity index (χ0n) is 9.77. The molecule has 0 aromatic heterocycles. The molecule has 0 heterocycles. The molecule has 2 amide bonds. The first kappa shape index (κ1) is 14.9. The maximum atomic E-state index is 10.7. The Balaban J connectivity index is 3.96. The summed E-state index contributed by atoms with van der Waals surface area (Å²) in [7, 11) is 0. The van der Waals surface area contributed by atoms with Crippen LogP contribution in [0.3, 0.4) is 0 Å². The van der Waals surface area contributed by atoms with Gasteiger partial charge in [-0.25, -0.2) is 9.78 Å². The molecule has 94 valence electrons. The van der Waals surface area contributed by atoms with E-state index in [9.17, 15) is 9.59 Å². The predicted molar refractivity (Wildman–Crippen MR) is 58.0 cm³/mol. The van der Waals surface area contributed by atoms with Crippen LogP contribution in [-0.4, -0.2) is 24.0 Å². The quantitative estimate of drug-likeness (QED) is 0.439. The van der Waals surface area contributed by atoms with Crippen LogP contribution in [0, 0.1) is 0 Å². The van der Waals surface area contributed by atoms with Crippen LogP contribution in [0.4, 0.5) is 0 Å². The molecule has 6 heteroatoms. The van der Waals surface area contributed by atoms with E-state index in [0.29, 0.717) is 12.8 Å². The van der Waals surface area contributed by atoms with Crippen LogP contribution in [0.5, 0.6) is 0 Å². The van der Waals surface area contributed by atoms with Crippen molar-refractivity contribution in [2.24, 2.45) is 11.5 Å². The maximum absolute atomic E-state index is 10.7. The lowest BCUT2D eigenvalue weighted by atomic mass is 10.2. The van der Waals surface area contributed by atoms with Crippen LogP contribution in [-0.2, 0) is 19.4 Å². The normalized spacial score (nSPS) is 14.4. The van der Waals surface area contributed by atoms with Gasteiger partial charge in [0.2, 0.25) is 11.8 Å². The molecular weight excluding hydrogens is 212 g/mol. The van der Waals surface area contributed by atoms with E-state index >= 15 is 0 Å². The summed E-state index contributed by atoms with van der Waals surface area (Å²) in [6, 6.07) is 0. The molecule has 0 rings (SSSR count). The average molecular weight is 232 g/mol. The smallest absolute Gasteiger partial charge is 0.220 e. The molecule has 0 aromatic carbocycles. The molecule has 0 fully saturated rings. The van der Waals surface area contributed by atoms with Crippen molar-refractivity contribution in [3.05, 3.63) is 0 Å². The van der Waals surface area contributed by atoms with Gasteiger partial charge in [0.15, 0.2) is 0 Å². The summed E-state index contributed by atoms with van der Waals surface area (Å²) in [5, 5.41) is 0. The third-order valence-corrected chi connectivity index (χ3v) is 2.10. The third kappa shape index (κ3) is 7.19. The number of nitrogens with two attached hydrogens (primary N) is 2. The van der Waals surface area contributed by atoms with Gasteiger partial charge in [-0.3, -0.25) is 9.59 Å². The highest BCUT2D eigenvalue weighted by Crippen LogP contribution is 2.09. The van der Waals surface area contributed by atoms with Gasteiger partial charge in [0.05, 0.1) is 12.8 Å². The van der Waals surface area contributed by atoms with Crippen molar-refractivity contribution in [3.63, 3.8) is 0 Å². The van der Waals surface area contributed by atoms with Gasteiger partial charge in [0, 0.05) is 0 Å². The molecule has 16 heavy (non-hydrogen) atoms. The molecule has 0 saturated carbocycles. The van der Waals surface area contributed by atoms with E-state index < -0.39 is 11.8 Å². The Morgan fingerprint density at radius 3 is 1.44 bits per heavy atom. The second kappa shape index (κ2) is 8.06. The van der Waals surface area contributed by atoms with Gasteiger partial charge in [-0.05, 0) is 12.8 Å². The molecule has 6 nitrogen and oxygen atoms in total. The number of amides is 2. The zero-order valence-corrected chi connectivity index (χ0v) is 9.77. The lowest BCUT2D eigenvalue weighted by Gasteiger charge is -2.18. The van der Waals surface area contributed by atoms with E-state index in [1.807, 2.05) is 13.8 Å². The highest BCUT2D eigenvalue weighted by atomic mass is 17.2. The van der Waals surface area contributed by atoms with E-state index in [2.05, 4.69) is 0 Å². The molecule has 0 aliphatic carbocycles. The van der Waals surface area contributed by atoms with E-state index in [4.69, 9.17) is 21.2 Å². The van der Waals surface area contributed by atoms with Crippen molar-refractivity contribution in [2.45, 2.75) is 51.7 Å². The summed E-state index contributed by atoms with van der Waals surface area (Å²) < 4.78 is 0. The molecule has 0 spiro atoms. The molecule has 2 unspecified atom stereocenters. The largest absolute Gasteiger partial charge is 0.370 e. The second-order valence-corrected chi connectivity index (χ2v) is 3.59. The molecule has 4 N–H and O–H groups in total. The van der Waals surface area contributed by atoms with Crippen LogP contribution in [0.1, 0.15) is 39.5 Å². The van der Waals surface area contributed by atoms with Crippen LogP contribution >= 0.6 is 0 Å². The first-order chi connectivity index (χ1) is 7.49. The summed E-state index contributed by atoms with van der Waals surface area (Å²) in [6.07, 6.45) is 0.665. The van der Waals surface area contributed by atoms with Crippen LogP contribution in [0.15, 0.2) is 0 Å². The maximum Gasteiger partial charge on any atom is 0.220 e. The standard InChI is InChI=1S/C10H20N2O4/c1-3-7(5-9(11)13)15-16-8(4-2)6-10(12)14/h7-8H,3-6H2,1-2H3,(H2,11,13)(H2,12,14). The van der Waals surface area contributed by atoms with Crippen LogP contribution < -0.4 is 11.5 Å². The molecule has 0 aliphatic heterocycles. The van der Waals surface area contributed by atoms with E-state index in [1.165, 1.54) is 0 Å². The van der Waals surface area contributed by atoms with E-state index in [-0.39, 0.29) is 25.0 Å². The Labute approximate surface area is 95.2 Å². The number of carbonyl (C=O) groups is 2. The molecule has 0 saturated heterocycles. The Hall–Kier alpha value is -1.14. The second-order valence-electron chi connectivity index (χ2n) is 3.59. The zero-order chi connectivity index (χ0) is 12.6. The SMILES string of the molecule is CCC(CC(N)=O)OOC(CC)CC(N)=O. The minimum absolute atomic E-state index is 0.101. The number of hydrogen-bond donors (Lipinski definition) is 2. The topological polar surface area (TPSA) is 105 Å². The van der Waals surface area contributed by atoms with Crippen LogP contribution in [0.2, 0.25) is 0 Å². The molecule has 2 atom stereocenters. The van der Waals surface area contributed by atoms with Crippen molar-refractivity contribution in [1.29, 1.82) is 0 Å². The number of rotatable bonds is 9. The van der Waals surface area contributed by atoms with E-state index in [1.54, 1.807) is 0 Å². The van der Waals surface area contributed by atoms with Gasteiger partial charge < -0.3 is 11.5 Å². The Morgan fingerprint density at radius 2 is 1.25 bits per heavy atom. The van der Waals surface area contributed by atoms with Gasteiger partial charge in [0.25, 0.3) is 0 Å². The Bertz CT molecular complexity index is 209. The van der Waals surface area contributed by atoms with Crippen molar-refractivity contribution in [1.82, 2.24) is 0 Å². The highest BCUT2D eigenvalue weighted by molar-refractivity contribution is 5.74. The fourth-order valence-corrected chi connectivity index (χ4v) is 1.10. The van der Waals surface area contributed by atoms with Gasteiger partial charge in [0.1, 0.15) is 12.2 Å².